The van der Waals surface area contributed by atoms with Crippen molar-refractivity contribution < 1.29 is 14.3 Å². The summed E-state index contributed by atoms with van der Waals surface area (Å²) in [6.07, 6.45) is 1.77. The zero-order chi connectivity index (χ0) is 21.3. The first-order chi connectivity index (χ1) is 14.5. The third kappa shape index (κ3) is 6.41. The van der Waals surface area contributed by atoms with Gasteiger partial charge in [-0.1, -0.05) is 41.4 Å². The van der Waals surface area contributed by atoms with Crippen LogP contribution in [0.5, 0.6) is 11.5 Å². The van der Waals surface area contributed by atoms with Gasteiger partial charge in [0.15, 0.2) is 0 Å². The summed E-state index contributed by atoms with van der Waals surface area (Å²) in [7, 11) is 0. The molecule has 0 fully saturated rings. The van der Waals surface area contributed by atoms with Crippen LogP contribution in [0.4, 0.5) is 5.69 Å². The van der Waals surface area contributed by atoms with E-state index >= 15 is 0 Å². The smallest absolute Gasteiger partial charge is 0.255 e. The van der Waals surface area contributed by atoms with Gasteiger partial charge in [0, 0.05) is 10.6 Å². The number of aryl methyl sites for hydroxylation is 1. The first kappa shape index (κ1) is 22.0. The highest BCUT2D eigenvalue weighted by atomic mass is 35.5. The molecule has 0 aliphatic rings. The lowest BCUT2D eigenvalue weighted by Gasteiger charge is -2.10. The fraction of sp³-hybridized carbons (Fsp3) is 0.208. The van der Waals surface area contributed by atoms with Crippen molar-refractivity contribution in [1.29, 1.82) is 0 Å². The number of ether oxygens (including phenoxy) is 2. The second-order valence-electron chi connectivity index (χ2n) is 6.77. The number of hydrogen-bond donors (Lipinski definition) is 1. The molecule has 30 heavy (non-hydrogen) atoms. The lowest BCUT2D eigenvalue weighted by Crippen LogP contribution is -2.12. The molecule has 1 amide bonds. The predicted octanol–water partition coefficient (Wildman–Crippen LogP) is 6.79. The fourth-order valence-electron chi connectivity index (χ4n) is 2.78. The van der Waals surface area contributed by atoms with Crippen molar-refractivity contribution in [3.05, 3.63) is 87.9 Å². The normalized spacial score (nSPS) is 10.5. The highest BCUT2D eigenvalue weighted by Gasteiger charge is 2.09. The topological polar surface area (TPSA) is 47.6 Å². The van der Waals surface area contributed by atoms with Gasteiger partial charge in [0.25, 0.3) is 5.91 Å². The fourth-order valence-corrected chi connectivity index (χ4v) is 3.12. The molecule has 1 N–H and O–H groups in total. The molecule has 0 aliphatic heterocycles. The Hall–Kier alpha value is -2.69. The van der Waals surface area contributed by atoms with Gasteiger partial charge in [-0.05, 0) is 73.9 Å². The Morgan fingerprint density at radius 2 is 1.60 bits per heavy atom. The number of carbonyl (C=O) groups excluding carboxylic acids is 1. The maximum atomic E-state index is 12.4. The van der Waals surface area contributed by atoms with Gasteiger partial charge in [-0.2, -0.15) is 0 Å². The predicted molar refractivity (Wildman–Crippen MR) is 122 cm³/mol. The molecule has 156 valence electrons. The van der Waals surface area contributed by atoms with E-state index in [0.717, 1.165) is 24.2 Å². The number of anilines is 1. The highest BCUT2D eigenvalue weighted by molar-refractivity contribution is 6.35. The van der Waals surface area contributed by atoms with Crippen LogP contribution in [0, 0.1) is 6.92 Å². The zero-order valence-corrected chi connectivity index (χ0v) is 18.2. The Morgan fingerprint density at radius 1 is 0.900 bits per heavy atom. The van der Waals surface area contributed by atoms with Crippen molar-refractivity contribution in [3.63, 3.8) is 0 Å². The Balaban J connectivity index is 1.40. The first-order valence-electron chi connectivity index (χ1n) is 9.70. The number of para-hydroxylation sites is 1. The summed E-state index contributed by atoms with van der Waals surface area (Å²) in [4.78, 5) is 12.4. The summed E-state index contributed by atoms with van der Waals surface area (Å²) in [5.41, 5.74) is 2.11. The minimum Gasteiger partial charge on any atom is -0.494 e. The van der Waals surface area contributed by atoms with E-state index in [2.05, 4.69) is 5.32 Å². The average molecular weight is 444 g/mol. The molecule has 6 heteroatoms. The molecule has 0 radical (unpaired) electrons. The largest absolute Gasteiger partial charge is 0.494 e. The molecule has 0 heterocycles. The highest BCUT2D eigenvalue weighted by Crippen LogP contribution is 2.26. The van der Waals surface area contributed by atoms with E-state index < -0.39 is 0 Å². The number of nitrogens with one attached hydrogen (secondary N) is 1. The van der Waals surface area contributed by atoms with E-state index in [1.54, 1.807) is 42.5 Å². The monoisotopic (exact) mass is 443 g/mol. The van der Waals surface area contributed by atoms with E-state index in [4.69, 9.17) is 32.7 Å². The molecule has 0 saturated carbocycles. The quantitative estimate of drug-likeness (QED) is 0.370. The van der Waals surface area contributed by atoms with Crippen molar-refractivity contribution in [2.45, 2.75) is 19.8 Å². The number of hydrogen-bond acceptors (Lipinski definition) is 3. The van der Waals surface area contributed by atoms with Crippen molar-refractivity contribution in [2.24, 2.45) is 0 Å². The third-order valence-electron chi connectivity index (χ3n) is 4.45. The molecule has 0 spiro atoms. The first-order valence-corrected chi connectivity index (χ1v) is 10.5. The van der Waals surface area contributed by atoms with Gasteiger partial charge in [-0.25, -0.2) is 0 Å². The van der Waals surface area contributed by atoms with Crippen LogP contribution < -0.4 is 14.8 Å². The summed E-state index contributed by atoms with van der Waals surface area (Å²) in [5.74, 6) is 1.37. The van der Waals surface area contributed by atoms with Crippen molar-refractivity contribution in [3.8, 4) is 11.5 Å². The van der Waals surface area contributed by atoms with Gasteiger partial charge in [0.05, 0.1) is 23.9 Å². The Bertz CT molecular complexity index is 990. The summed E-state index contributed by atoms with van der Waals surface area (Å²) in [6.45, 7) is 3.27. The summed E-state index contributed by atoms with van der Waals surface area (Å²) >= 11 is 12.0. The molecular weight excluding hydrogens is 421 g/mol. The number of amides is 1. The summed E-state index contributed by atoms with van der Waals surface area (Å²) < 4.78 is 11.5. The standard InChI is InChI=1S/C24H23Cl2NO3/c1-17-6-2-3-7-23(17)30-15-5-4-14-29-20-11-8-18(9-12-20)24(28)27-22-16-19(25)10-13-21(22)26/h2-3,6-13,16H,4-5,14-15H2,1H3,(H,27,28). The molecule has 0 unspecified atom stereocenters. The van der Waals surface area contributed by atoms with E-state index in [-0.39, 0.29) is 5.91 Å². The van der Waals surface area contributed by atoms with E-state index in [1.165, 1.54) is 0 Å². The minimum absolute atomic E-state index is 0.265. The number of unbranched alkanes of at least 4 members (excludes halogenated alkanes) is 1. The second-order valence-corrected chi connectivity index (χ2v) is 7.62. The van der Waals surface area contributed by atoms with Crippen LogP contribution in [0.1, 0.15) is 28.8 Å². The van der Waals surface area contributed by atoms with Crippen molar-refractivity contribution >= 4 is 34.8 Å². The minimum atomic E-state index is -0.265. The second kappa shape index (κ2) is 10.9. The van der Waals surface area contributed by atoms with Crippen LogP contribution >= 0.6 is 23.2 Å². The van der Waals surface area contributed by atoms with Crippen LogP contribution in [0.15, 0.2) is 66.7 Å². The molecule has 3 rings (SSSR count). The van der Waals surface area contributed by atoms with Gasteiger partial charge in [-0.3, -0.25) is 4.79 Å². The summed E-state index contributed by atoms with van der Waals surface area (Å²) in [5, 5.41) is 3.69. The number of carbonyl (C=O) groups is 1. The molecule has 0 aliphatic carbocycles. The van der Waals surface area contributed by atoms with E-state index in [9.17, 15) is 4.79 Å². The lowest BCUT2D eigenvalue weighted by atomic mass is 10.2. The van der Waals surface area contributed by atoms with Gasteiger partial charge in [0.2, 0.25) is 0 Å². The van der Waals surface area contributed by atoms with Crippen LogP contribution in [0.25, 0.3) is 0 Å². The van der Waals surface area contributed by atoms with Crippen LogP contribution in [0.3, 0.4) is 0 Å². The summed E-state index contributed by atoms with van der Waals surface area (Å²) in [6, 6.07) is 19.9. The Kier molecular flexibility index (Phi) is 8.00. The lowest BCUT2D eigenvalue weighted by molar-refractivity contribution is 0.102. The van der Waals surface area contributed by atoms with Crippen molar-refractivity contribution in [2.75, 3.05) is 18.5 Å². The molecule has 3 aromatic rings. The maximum Gasteiger partial charge on any atom is 0.255 e. The van der Waals surface area contributed by atoms with Crippen molar-refractivity contribution in [1.82, 2.24) is 0 Å². The molecular formula is C24H23Cl2NO3. The van der Waals surface area contributed by atoms with Gasteiger partial charge < -0.3 is 14.8 Å². The number of halogens is 2. The molecule has 4 nitrogen and oxygen atoms in total. The Morgan fingerprint density at radius 3 is 2.33 bits per heavy atom. The molecule has 0 saturated heterocycles. The van der Waals surface area contributed by atoms with Crippen LogP contribution in [-0.4, -0.2) is 19.1 Å². The van der Waals surface area contributed by atoms with E-state index in [0.29, 0.717) is 40.3 Å². The number of rotatable bonds is 9. The molecule has 3 aromatic carbocycles. The number of benzene rings is 3. The SMILES string of the molecule is Cc1ccccc1OCCCCOc1ccc(C(=O)Nc2cc(Cl)ccc2Cl)cc1. The van der Waals surface area contributed by atoms with Crippen LogP contribution in [0.2, 0.25) is 10.0 Å². The van der Waals surface area contributed by atoms with Gasteiger partial charge in [-0.15, -0.1) is 0 Å². The third-order valence-corrected chi connectivity index (χ3v) is 5.02. The molecule has 0 aromatic heterocycles. The average Bonchev–Trinajstić information content (AvgIpc) is 2.75. The van der Waals surface area contributed by atoms with Crippen LogP contribution in [-0.2, 0) is 0 Å². The zero-order valence-electron chi connectivity index (χ0n) is 16.7. The molecule has 0 bridgehead atoms. The van der Waals surface area contributed by atoms with Gasteiger partial charge >= 0.3 is 0 Å². The Labute approximate surface area is 186 Å². The maximum absolute atomic E-state index is 12.4. The van der Waals surface area contributed by atoms with E-state index in [1.807, 2.05) is 31.2 Å². The van der Waals surface area contributed by atoms with Gasteiger partial charge in [0.1, 0.15) is 11.5 Å². The molecule has 0 atom stereocenters.